The second kappa shape index (κ2) is 5.32. The third-order valence-corrected chi connectivity index (χ3v) is 4.28. The van der Waals surface area contributed by atoms with Crippen LogP contribution in [-0.4, -0.2) is 62.0 Å². The van der Waals surface area contributed by atoms with Crippen LogP contribution in [-0.2, 0) is 11.2 Å². The normalized spacial score (nSPS) is 19.2. The third-order valence-electron chi connectivity index (χ3n) is 4.28. The van der Waals surface area contributed by atoms with Crippen molar-refractivity contribution in [2.45, 2.75) is 6.42 Å². The van der Waals surface area contributed by atoms with Crippen LogP contribution in [0.1, 0.15) is 5.56 Å². The van der Waals surface area contributed by atoms with Crippen molar-refractivity contribution in [1.82, 2.24) is 9.80 Å². The maximum Gasteiger partial charge on any atom is 0.242 e. The number of carbonyl (C=O) groups excluding carboxylic acids is 1. The van der Waals surface area contributed by atoms with Gasteiger partial charge < -0.3 is 20.4 Å². The van der Waals surface area contributed by atoms with E-state index in [1.54, 1.807) is 0 Å². The van der Waals surface area contributed by atoms with Crippen molar-refractivity contribution in [2.75, 3.05) is 56.9 Å². The molecule has 1 aromatic rings. The van der Waals surface area contributed by atoms with Crippen LogP contribution in [0.2, 0.25) is 0 Å². The van der Waals surface area contributed by atoms with E-state index in [2.05, 4.69) is 22.9 Å². The van der Waals surface area contributed by atoms with E-state index in [1.807, 2.05) is 17.0 Å². The molecule has 2 aliphatic heterocycles. The van der Waals surface area contributed by atoms with Crippen LogP contribution in [0, 0.1) is 0 Å². The first-order valence-electron chi connectivity index (χ1n) is 7.23. The Labute approximate surface area is 119 Å². The minimum absolute atomic E-state index is 0.230. The highest BCUT2D eigenvalue weighted by molar-refractivity contribution is 5.83. The van der Waals surface area contributed by atoms with Gasteiger partial charge in [0.2, 0.25) is 5.91 Å². The largest absolute Gasteiger partial charge is 0.399 e. The molecular formula is C15H22N4O. The summed E-state index contributed by atoms with van der Waals surface area (Å²) in [7, 11) is 2.10. The predicted molar refractivity (Wildman–Crippen MR) is 80.8 cm³/mol. The Kier molecular flexibility index (Phi) is 3.53. The Balaban J connectivity index is 1.65. The number of rotatable bonds is 2. The van der Waals surface area contributed by atoms with Gasteiger partial charge in [-0.25, -0.2) is 0 Å². The SMILES string of the molecule is CN1CCN(C(=O)CN2CCc3ccc(N)cc32)CC1. The smallest absolute Gasteiger partial charge is 0.242 e. The van der Waals surface area contributed by atoms with E-state index in [0.717, 1.165) is 50.5 Å². The highest BCUT2D eigenvalue weighted by Gasteiger charge is 2.25. The lowest BCUT2D eigenvalue weighted by Crippen LogP contribution is -2.50. The van der Waals surface area contributed by atoms with Crippen LogP contribution in [0.3, 0.4) is 0 Å². The average molecular weight is 274 g/mol. The number of nitrogens with two attached hydrogens (primary N) is 1. The summed E-state index contributed by atoms with van der Waals surface area (Å²) in [6, 6.07) is 6.00. The van der Waals surface area contributed by atoms with Crippen molar-refractivity contribution in [3.05, 3.63) is 23.8 Å². The number of hydrogen-bond donors (Lipinski definition) is 1. The third kappa shape index (κ3) is 2.58. The van der Waals surface area contributed by atoms with Crippen molar-refractivity contribution in [3.8, 4) is 0 Å². The minimum Gasteiger partial charge on any atom is -0.399 e. The highest BCUT2D eigenvalue weighted by atomic mass is 16.2. The lowest BCUT2D eigenvalue weighted by Gasteiger charge is -2.33. The molecule has 2 aliphatic rings. The molecule has 0 radical (unpaired) electrons. The molecule has 0 aliphatic carbocycles. The number of carbonyl (C=O) groups is 1. The lowest BCUT2D eigenvalue weighted by atomic mass is 10.1. The molecule has 1 aromatic carbocycles. The molecule has 0 saturated carbocycles. The molecule has 20 heavy (non-hydrogen) atoms. The van der Waals surface area contributed by atoms with Gasteiger partial charge in [-0.1, -0.05) is 6.07 Å². The number of nitrogen functional groups attached to an aromatic ring is 1. The monoisotopic (exact) mass is 274 g/mol. The standard InChI is InChI=1S/C15H22N4O/c1-17-6-8-18(9-7-17)15(20)11-19-5-4-12-2-3-13(16)10-14(12)19/h2-3,10H,4-9,11,16H2,1H3. The van der Waals surface area contributed by atoms with Crippen LogP contribution in [0.4, 0.5) is 11.4 Å². The molecule has 5 nitrogen and oxygen atoms in total. The zero-order chi connectivity index (χ0) is 14.1. The van der Waals surface area contributed by atoms with Gasteiger partial charge in [0.25, 0.3) is 0 Å². The van der Waals surface area contributed by atoms with E-state index < -0.39 is 0 Å². The molecule has 2 heterocycles. The zero-order valence-corrected chi connectivity index (χ0v) is 12.0. The van der Waals surface area contributed by atoms with E-state index >= 15 is 0 Å². The molecule has 5 heteroatoms. The van der Waals surface area contributed by atoms with Crippen molar-refractivity contribution < 1.29 is 4.79 Å². The average Bonchev–Trinajstić information content (AvgIpc) is 2.82. The summed E-state index contributed by atoms with van der Waals surface area (Å²) in [5.74, 6) is 0.230. The topological polar surface area (TPSA) is 52.8 Å². The number of hydrogen-bond acceptors (Lipinski definition) is 4. The van der Waals surface area contributed by atoms with Gasteiger partial charge in [-0.3, -0.25) is 4.79 Å². The quantitative estimate of drug-likeness (QED) is 0.794. The maximum atomic E-state index is 12.4. The molecule has 0 unspecified atom stereocenters. The fourth-order valence-corrected chi connectivity index (χ4v) is 2.95. The van der Waals surface area contributed by atoms with Gasteiger partial charge in [0.15, 0.2) is 0 Å². The molecule has 2 N–H and O–H groups in total. The number of piperazine rings is 1. The summed E-state index contributed by atoms with van der Waals surface area (Å²) in [4.78, 5) is 18.8. The first kappa shape index (κ1) is 13.2. The zero-order valence-electron chi connectivity index (χ0n) is 12.0. The molecule has 3 rings (SSSR count). The summed E-state index contributed by atoms with van der Waals surface area (Å²) >= 11 is 0. The Morgan fingerprint density at radius 3 is 2.70 bits per heavy atom. The Morgan fingerprint density at radius 2 is 1.95 bits per heavy atom. The van der Waals surface area contributed by atoms with E-state index in [1.165, 1.54) is 5.56 Å². The van der Waals surface area contributed by atoms with Crippen molar-refractivity contribution in [2.24, 2.45) is 0 Å². The highest BCUT2D eigenvalue weighted by Crippen LogP contribution is 2.29. The van der Waals surface area contributed by atoms with Crippen LogP contribution >= 0.6 is 0 Å². The van der Waals surface area contributed by atoms with Crippen LogP contribution < -0.4 is 10.6 Å². The fraction of sp³-hybridized carbons (Fsp3) is 0.533. The number of amides is 1. The summed E-state index contributed by atoms with van der Waals surface area (Å²) < 4.78 is 0. The van der Waals surface area contributed by atoms with Crippen LogP contribution in [0.15, 0.2) is 18.2 Å². The van der Waals surface area contributed by atoms with Gasteiger partial charge in [-0.05, 0) is 31.2 Å². The van der Waals surface area contributed by atoms with E-state index in [9.17, 15) is 4.79 Å². The number of nitrogens with zero attached hydrogens (tertiary/aromatic N) is 3. The van der Waals surface area contributed by atoms with Gasteiger partial charge in [0.05, 0.1) is 6.54 Å². The predicted octanol–water partition coefficient (Wildman–Crippen LogP) is 0.405. The lowest BCUT2D eigenvalue weighted by molar-refractivity contribution is -0.131. The molecule has 0 bridgehead atoms. The van der Waals surface area contributed by atoms with Gasteiger partial charge in [0.1, 0.15) is 0 Å². The van der Waals surface area contributed by atoms with Crippen LogP contribution in [0.25, 0.3) is 0 Å². The van der Waals surface area contributed by atoms with Gasteiger partial charge in [-0.2, -0.15) is 0 Å². The second-order valence-corrected chi connectivity index (χ2v) is 5.74. The fourth-order valence-electron chi connectivity index (χ4n) is 2.95. The van der Waals surface area contributed by atoms with Crippen molar-refractivity contribution in [3.63, 3.8) is 0 Å². The molecule has 1 saturated heterocycles. The Morgan fingerprint density at radius 1 is 1.20 bits per heavy atom. The van der Waals surface area contributed by atoms with E-state index in [0.29, 0.717) is 6.54 Å². The molecule has 1 amide bonds. The van der Waals surface area contributed by atoms with Crippen molar-refractivity contribution in [1.29, 1.82) is 0 Å². The number of likely N-dealkylation sites (N-methyl/N-ethyl adjacent to an activating group) is 1. The first-order valence-corrected chi connectivity index (χ1v) is 7.23. The second-order valence-electron chi connectivity index (χ2n) is 5.74. The summed E-state index contributed by atoms with van der Waals surface area (Å²) in [6.45, 7) is 5.00. The Bertz CT molecular complexity index is 509. The summed E-state index contributed by atoms with van der Waals surface area (Å²) in [6.07, 6.45) is 1.01. The molecule has 0 spiro atoms. The maximum absolute atomic E-state index is 12.4. The Hall–Kier alpha value is -1.75. The van der Waals surface area contributed by atoms with E-state index in [4.69, 9.17) is 5.73 Å². The molecule has 108 valence electrons. The molecule has 0 atom stereocenters. The summed E-state index contributed by atoms with van der Waals surface area (Å²) in [5, 5.41) is 0. The van der Waals surface area contributed by atoms with Crippen LogP contribution in [0.5, 0.6) is 0 Å². The molecular weight excluding hydrogens is 252 g/mol. The van der Waals surface area contributed by atoms with Gasteiger partial charge in [0, 0.05) is 44.1 Å². The van der Waals surface area contributed by atoms with Gasteiger partial charge in [-0.15, -0.1) is 0 Å². The number of benzene rings is 1. The molecule has 0 aromatic heterocycles. The van der Waals surface area contributed by atoms with E-state index in [-0.39, 0.29) is 5.91 Å². The first-order chi connectivity index (χ1) is 9.63. The van der Waals surface area contributed by atoms with Crippen molar-refractivity contribution >= 4 is 17.3 Å². The summed E-state index contributed by atoms with van der Waals surface area (Å²) in [5.41, 5.74) is 9.05. The minimum atomic E-state index is 0.230. The number of fused-ring (bicyclic) bond motifs is 1. The molecule has 1 fully saturated rings. The number of anilines is 2. The van der Waals surface area contributed by atoms with Gasteiger partial charge >= 0.3 is 0 Å².